The van der Waals surface area contributed by atoms with Crippen LogP contribution in [0.5, 0.6) is 0 Å². The molecule has 1 N–H and O–H groups in total. The fourth-order valence-electron chi connectivity index (χ4n) is 2.11. The van der Waals surface area contributed by atoms with Crippen LogP contribution in [0.3, 0.4) is 0 Å². The van der Waals surface area contributed by atoms with Gasteiger partial charge in [0, 0.05) is 25.7 Å². The lowest BCUT2D eigenvalue weighted by Crippen LogP contribution is -2.42. The number of carbonyl (C=O) groups is 2. The zero-order chi connectivity index (χ0) is 20.5. The molecular weight excluding hydrogens is 362 g/mol. The third kappa shape index (κ3) is 5.43. The molecule has 0 unspecified atom stereocenters. The summed E-state index contributed by atoms with van der Waals surface area (Å²) in [4.78, 5) is 23.8. The standard InChI is InChI=1S/C20H29NO5Si/c1-19(2,3)27(6,7)24-13-14-8-10-15(11-9-14)21-12-16-17(22)25-20(4,5)26-18(16)23/h8-12,21H,13H2,1-7H3. The average molecular weight is 392 g/mol. The maximum atomic E-state index is 11.9. The lowest BCUT2D eigenvalue weighted by Gasteiger charge is -2.36. The van der Waals surface area contributed by atoms with Gasteiger partial charge in [-0.15, -0.1) is 0 Å². The maximum absolute atomic E-state index is 11.9. The number of nitrogens with one attached hydrogen (secondary N) is 1. The molecule has 7 heteroatoms. The Bertz CT molecular complexity index is 723. The number of esters is 2. The Morgan fingerprint density at radius 3 is 2.07 bits per heavy atom. The van der Waals surface area contributed by atoms with Gasteiger partial charge in [0.25, 0.3) is 5.79 Å². The van der Waals surface area contributed by atoms with Gasteiger partial charge in [0.2, 0.25) is 0 Å². The van der Waals surface area contributed by atoms with E-state index in [1.165, 1.54) is 20.0 Å². The number of hydrogen-bond acceptors (Lipinski definition) is 6. The van der Waals surface area contributed by atoms with Crippen molar-refractivity contribution >= 4 is 25.9 Å². The predicted molar refractivity (Wildman–Crippen MR) is 106 cm³/mol. The number of anilines is 1. The Balaban J connectivity index is 1.98. The van der Waals surface area contributed by atoms with Crippen molar-refractivity contribution in [3.63, 3.8) is 0 Å². The third-order valence-electron chi connectivity index (χ3n) is 4.86. The van der Waals surface area contributed by atoms with Crippen molar-refractivity contribution in [1.29, 1.82) is 0 Å². The molecule has 0 spiro atoms. The molecule has 0 amide bonds. The highest BCUT2D eigenvalue weighted by molar-refractivity contribution is 6.74. The number of carbonyl (C=O) groups excluding carboxylic acids is 2. The van der Waals surface area contributed by atoms with E-state index in [9.17, 15) is 9.59 Å². The molecule has 0 saturated carbocycles. The fraction of sp³-hybridized carbons (Fsp3) is 0.500. The van der Waals surface area contributed by atoms with E-state index in [1.54, 1.807) is 0 Å². The molecule has 0 aromatic heterocycles. The van der Waals surface area contributed by atoms with E-state index < -0.39 is 26.0 Å². The van der Waals surface area contributed by atoms with Gasteiger partial charge in [-0.2, -0.15) is 0 Å². The second-order valence-corrected chi connectivity index (χ2v) is 13.4. The lowest BCUT2D eigenvalue weighted by molar-refractivity contribution is -0.222. The monoisotopic (exact) mass is 391 g/mol. The third-order valence-corrected chi connectivity index (χ3v) is 9.34. The lowest BCUT2D eigenvalue weighted by atomic mass is 10.2. The summed E-state index contributed by atoms with van der Waals surface area (Å²) in [5, 5.41) is 3.10. The van der Waals surface area contributed by atoms with E-state index in [0.29, 0.717) is 6.61 Å². The molecule has 0 atom stereocenters. The summed E-state index contributed by atoms with van der Waals surface area (Å²) < 4.78 is 16.3. The summed E-state index contributed by atoms with van der Waals surface area (Å²) in [6, 6.07) is 7.64. The molecule has 6 nitrogen and oxygen atoms in total. The van der Waals surface area contributed by atoms with Crippen LogP contribution in [0.25, 0.3) is 0 Å². The minimum atomic E-state index is -1.79. The second-order valence-electron chi connectivity index (χ2n) is 8.63. The molecule has 1 aromatic carbocycles. The average Bonchev–Trinajstić information content (AvgIpc) is 2.51. The maximum Gasteiger partial charge on any atom is 0.350 e. The molecule has 27 heavy (non-hydrogen) atoms. The van der Waals surface area contributed by atoms with Gasteiger partial charge in [-0.1, -0.05) is 32.9 Å². The first kappa shape index (κ1) is 21.2. The van der Waals surface area contributed by atoms with Gasteiger partial charge in [-0.25, -0.2) is 9.59 Å². The van der Waals surface area contributed by atoms with E-state index in [1.807, 2.05) is 24.3 Å². The summed E-state index contributed by atoms with van der Waals surface area (Å²) in [5.41, 5.74) is 1.64. The molecule has 0 bridgehead atoms. The molecule has 1 fully saturated rings. The molecule has 1 aliphatic heterocycles. The number of cyclic esters (lactones) is 2. The van der Waals surface area contributed by atoms with Crippen molar-refractivity contribution in [3.05, 3.63) is 41.6 Å². The molecule has 2 rings (SSSR count). The largest absolute Gasteiger partial charge is 0.419 e. The molecule has 148 valence electrons. The van der Waals surface area contributed by atoms with Crippen molar-refractivity contribution in [2.75, 3.05) is 5.32 Å². The molecule has 0 aliphatic carbocycles. The first-order chi connectivity index (χ1) is 12.3. The second kappa shape index (κ2) is 7.48. The van der Waals surface area contributed by atoms with Gasteiger partial charge in [-0.3, -0.25) is 0 Å². The van der Waals surface area contributed by atoms with Crippen LogP contribution in [-0.4, -0.2) is 26.0 Å². The van der Waals surface area contributed by atoms with Crippen LogP contribution in [0.15, 0.2) is 36.0 Å². The normalized spacial score (nSPS) is 17.2. The molecule has 1 aromatic rings. The Morgan fingerprint density at radius 2 is 1.59 bits per heavy atom. The molecule has 0 radical (unpaired) electrons. The van der Waals surface area contributed by atoms with E-state index >= 15 is 0 Å². The number of hydrogen-bond donors (Lipinski definition) is 1. The quantitative estimate of drug-likeness (QED) is 0.348. The molecular formula is C20H29NO5Si. The van der Waals surface area contributed by atoms with Crippen LogP contribution in [0, 0.1) is 0 Å². The Kier molecular flexibility index (Phi) is 5.87. The van der Waals surface area contributed by atoms with Gasteiger partial charge in [-0.05, 0) is 35.8 Å². The van der Waals surface area contributed by atoms with Crippen LogP contribution < -0.4 is 5.32 Å². The summed E-state index contributed by atoms with van der Waals surface area (Å²) in [5.74, 6) is -2.65. The van der Waals surface area contributed by atoms with Crippen molar-refractivity contribution < 1.29 is 23.5 Å². The Labute approximate surface area is 162 Å². The van der Waals surface area contributed by atoms with E-state index in [2.05, 4.69) is 39.2 Å². The van der Waals surface area contributed by atoms with Gasteiger partial charge in [0.15, 0.2) is 13.9 Å². The summed E-state index contributed by atoms with van der Waals surface area (Å²) in [6.07, 6.45) is 1.31. The zero-order valence-corrected chi connectivity index (χ0v) is 18.1. The van der Waals surface area contributed by atoms with Crippen LogP contribution in [0.2, 0.25) is 18.1 Å². The number of benzene rings is 1. The minimum Gasteiger partial charge on any atom is -0.419 e. The van der Waals surface area contributed by atoms with E-state index in [-0.39, 0.29) is 10.6 Å². The highest BCUT2D eigenvalue weighted by Gasteiger charge is 2.39. The van der Waals surface area contributed by atoms with Gasteiger partial charge < -0.3 is 19.2 Å². The molecule has 1 heterocycles. The molecule has 1 saturated heterocycles. The van der Waals surface area contributed by atoms with Crippen molar-refractivity contribution in [2.45, 2.75) is 65.1 Å². The van der Waals surface area contributed by atoms with E-state index in [0.717, 1.165) is 11.3 Å². The van der Waals surface area contributed by atoms with Gasteiger partial charge in [0.05, 0.1) is 6.61 Å². The minimum absolute atomic E-state index is 0.165. The topological polar surface area (TPSA) is 73.9 Å². The van der Waals surface area contributed by atoms with Crippen LogP contribution in [0.4, 0.5) is 5.69 Å². The van der Waals surface area contributed by atoms with Crippen LogP contribution in [0.1, 0.15) is 40.2 Å². The number of ether oxygens (including phenoxy) is 2. The van der Waals surface area contributed by atoms with Gasteiger partial charge in [0.1, 0.15) is 0 Å². The van der Waals surface area contributed by atoms with Crippen molar-refractivity contribution in [2.24, 2.45) is 0 Å². The predicted octanol–water partition coefficient (Wildman–Crippen LogP) is 4.34. The van der Waals surface area contributed by atoms with Crippen molar-refractivity contribution in [1.82, 2.24) is 0 Å². The van der Waals surface area contributed by atoms with Gasteiger partial charge >= 0.3 is 11.9 Å². The fourth-order valence-corrected chi connectivity index (χ4v) is 3.07. The number of rotatable bonds is 5. The zero-order valence-electron chi connectivity index (χ0n) is 17.1. The first-order valence-electron chi connectivity index (χ1n) is 8.97. The Hall–Kier alpha value is -2.12. The molecule has 1 aliphatic rings. The van der Waals surface area contributed by atoms with Crippen LogP contribution >= 0.6 is 0 Å². The highest BCUT2D eigenvalue weighted by Crippen LogP contribution is 2.37. The smallest absolute Gasteiger partial charge is 0.350 e. The SMILES string of the molecule is CC1(C)OC(=O)C(=CNc2ccc(CO[Si](C)(C)C(C)(C)C)cc2)C(=O)O1. The summed E-state index contributed by atoms with van der Waals surface area (Å²) in [6.45, 7) is 14.7. The van der Waals surface area contributed by atoms with E-state index in [4.69, 9.17) is 13.9 Å². The van der Waals surface area contributed by atoms with Crippen LogP contribution in [-0.2, 0) is 30.1 Å². The summed E-state index contributed by atoms with van der Waals surface area (Å²) >= 11 is 0. The highest BCUT2D eigenvalue weighted by atomic mass is 28.4. The summed E-state index contributed by atoms with van der Waals surface area (Å²) in [7, 11) is -1.79. The van der Waals surface area contributed by atoms with Crippen molar-refractivity contribution in [3.8, 4) is 0 Å². The first-order valence-corrected chi connectivity index (χ1v) is 11.9. The Morgan fingerprint density at radius 1 is 1.07 bits per heavy atom.